The molecule has 1 aliphatic rings. The van der Waals surface area contributed by atoms with Gasteiger partial charge in [0.1, 0.15) is 0 Å². The Hall–Kier alpha value is -1.90. The molecule has 138 valence electrons. The summed E-state index contributed by atoms with van der Waals surface area (Å²) in [6, 6.07) is 10.3. The first-order valence-corrected chi connectivity index (χ1v) is 10.3. The maximum Gasteiger partial charge on any atom is 0.233 e. The van der Waals surface area contributed by atoms with Gasteiger partial charge in [-0.15, -0.1) is 10.2 Å². The van der Waals surface area contributed by atoms with Crippen molar-refractivity contribution >= 4 is 39.7 Å². The lowest BCUT2D eigenvalue weighted by molar-refractivity contribution is -0.127. The van der Waals surface area contributed by atoms with Gasteiger partial charge in [0.05, 0.1) is 12.4 Å². The number of amides is 1. The Morgan fingerprint density at radius 2 is 2.19 bits per heavy atom. The van der Waals surface area contributed by atoms with Crippen LogP contribution in [0.15, 0.2) is 40.7 Å². The predicted molar refractivity (Wildman–Crippen MR) is 107 cm³/mol. The molecule has 0 saturated carbocycles. The first-order valence-electron chi connectivity index (χ1n) is 8.47. The van der Waals surface area contributed by atoms with E-state index in [0.29, 0.717) is 25.4 Å². The Labute approximate surface area is 161 Å². The number of thioether (sulfide) groups is 1. The lowest BCUT2D eigenvalue weighted by Gasteiger charge is -2.26. The Balaban J connectivity index is 1.45. The molecule has 1 aliphatic heterocycles. The molecular formula is C18H22N4O2S2. The van der Waals surface area contributed by atoms with Crippen molar-refractivity contribution in [1.82, 2.24) is 15.1 Å². The maximum absolute atomic E-state index is 12.4. The van der Waals surface area contributed by atoms with Gasteiger partial charge in [-0.2, -0.15) is 0 Å². The van der Waals surface area contributed by atoms with E-state index in [2.05, 4.69) is 33.7 Å². The zero-order chi connectivity index (χ0) is 18.2. The molecule has 0 saturated heterocycles. The smallest absolute Gasteiger partial charge is 0.233 e. The van der Waals surface area contributed by atoms with E-state index in [0.717, 1.165) is 22.4 Å². The first-order chi connectivity index (χ1) is 12.8. The summed E-state index contributed by atoms with van der Waals surface area (Å²) in [5.41, 5.74) is 2.56. The normalized spacial score (nSPS) is 14.2. The number of methoxy groups -OCH3 is 1. The van der Waals surface area contributed by atoms with E-state index < -0.39 is 0 Å². The van der Waals surface area contributed by atoms with E-state index in [1.165, 1.54) is 34.2 Å². The summed E-state index contributed by atoms with van der Waals surface area (Å²) in [6.45, 7) is 2.75. The van der Waals surface area contributed by atoms with Gasteiger partial charge in [-0.05, 0) is 17.6 Å². The quantitative estimate of drug-likeness (QED) is 0.552. The van der Waals surface area contributed by atoms with Crippen LogP contribution in [-0.4, -0.2) is 60.1 Å². The summed E-state index contributed by atoms with van der Waals surface area (Å²) < 4.78 is 5.79. The molecular weight excluding hydrogens is 368 g/mol. The van der Waals surface area contributed by atoms with Crippen molar-refractivity contribution in [2.75, 3.05) is 44.4 Å². The number of aromatic nitrogens is 2. The van der Waals surface area contributed by atoms with Gasteiger partial charge in [-0.25, -0.2) is 0 Å². The van der Waals surface area contributed by atoms with Gasteiger partial charge < -0.3 is 15.0 Å². The highest BCUT2D eigenvalue weighted by molar-refractivity contribution is 8.01. The second-order valence-corrected chi connectivity index (χ2v) is 7.97. The molecule has 0 fully saturated rings. The number of carbonyl (C=O) groups excluding carboxylic acids is 1. The summed E-state index contributed by atoms with van der Waals surface area (Å²) in [6.07, 6.45) is 3.05. The summed E-state index contributed by atoms with van der Waals surface area (Å²) in [4.78, 5) is 14.3. The molecule has 0 spiro atoms. The van der Waals surface area contributed by atoms with Crippen LogP contribution in [-0.2, 0) is 9.53 Å². The van der Waals surface area contributed by atoms with E-state index in [1.807, 2.05) is 23.1 Å². The lowest BCUT2D eigenvalue weighted by Crippen LogP contribution is -2.35. The van der Waals surface area contributed by atoms with Gasteiger partial charge in [0.2, 0.25) is 11.0 Å². The summed E-state index contributed by atoms with van der Waals surface area (Å²) in [7, 11) is 1.66. The van der Waals surface area contributed by atoms with Crippen molar-refractivity contribution in [3.8, 4) is 0 Å². The third-order valence-corrected chi connectivity index (χ3v) is 6.01. The molecule has 3 rings (SSSR count). The van der Waals surface area contributed by atoms with Crippen LogP contribution in [0.2, 0.25) is 0 Å². The molecule has 1 aromatic heterocycles. The average Bonchev–Trinajstić information content (AvgIpc) is 3.15. The minimum absolute atomic E-state index is 0.141. The SMILES string of the molecule is COCCNc1nnc(SCC(=O)N2CC=C(c3ccccc3)CC2)s1. The summed E-state index contributed by atoms with van der Waals surface area (Å²) in [5.74, 6) is 0.531. The van der Waals surface area contributed by atoms with Gasteiger partial charge in [0, 0.05) is 26.7 Å². The van der Waals surface area contributed by atoms with Crippen LogP contribution in [0.4, 0.5) is 5.13 Å². The number of nitrogens with zero attached hydrogens (tertiary/aromatic N) is 3. The van der Waals surface area contributed by atoms with E-state index in [4.69, 9.17) is 4.74 Å². The Morgan fingerprint density at radius 1 is 1.35 bits per heavy atom. The fourth-order valence-corrected chi connectivity index (χ4v) is 4.30. The number of hydrogen-bond acceptors (Lipinski definition) is 7. The monoisotopic (exact) mass is 390 g/mol. The van der Waals surface area contributed by atoms with Crippen LogP contribution in [0, 0.1) is 0 Å². The molecule has 26 heavy (non-hydrogen) atoms. The Morgan fingerprint density at radius 3 is 2.92 bits per heavy atom. The minimum Gasteiger partial charge on any atom is -0.383 e. The largest absolute Gasteiger partial charge is 0.383 e. The number of benzene rings is 1. The minimum atomic E-state index is 0.141. The number of hydrogen-bond donors (Lipinski definition) is 1. The van der Waals surface area contributed by atoms with Crippen LogP contribution in [0.3, 0.4) is 0 Å². The van der Waals surface area contributed by atoms with Crippen molar-refractivity contribution in [2.24, 2.45) is 0 Å². The molecule has 6 nitrogen and oxygen atoms in total. The number of rotatable bonds is 8. The van der Waals surface area contributed by atoms with E-state index in [9.17, 15) is 4.79 Å². The topological polar surface area (TPSA) is 67.3 Å². The Bertz CT molecular complexity index is 749. The van der Waals surface area contributed by atoms with Crippen LogP contribution in [0.25, 0.3) is 5.57 Å². The number of anilines is 1. The van der Waals surface area contributed by atoms with Crippen molar-refractivity contribution < 1.29 is 9.53 Å². The summed E-state index contributed by atoms with van der Waals surface area (Å²) in [5, 5.41) is 12.1. The Kier molecular flexibility index (Phi) is 7.04. The van der Waals surface area contributed by atoms with Crippen LogP contribution >= 0.6 is 23.1 Å². The van der Waals surface area contributed by atoms with Gasteiger partial charge in [0.15, 0.2) is 4.34 Å². The molecule has 0 atom stereocenters. The lowest BCUT2D eigenvalue weighted by atomic mass is 10.00. The molecule has 2 heterocycles. The van der Waals surface area contributed by atoms with Crippen LogP contribution < -0.4 is 5.32 Å². The van der Waals surface area contributed by atoms with Crippen LogP contribution in [0.1, 0.15) is 12.0 Å². The van der Waals surface area contributed by atoms with Crippen molar-refractivity contribution in [2.45, 2.75) is 10.8 Å². The van der Waals surface area contributed by atoms with Gasteiger partial charge >= 0.3 is 0 Å². The third kappa shape index (κ3) is 5.30. The van der Waals surface area contributed by atoms with E-state index in [1.54, 1.807) is 7.11 Å². The van der Waals surface area contributed by atoms with Crippen LogP contribution in [0.5, 0.6) is 0 Å². The fraction of sp³-hybridized carbons (Fsp3) is 0.389. The molecule has 1 N–H and O–H groups in total. The molecule has 0 unspecified atom stereocenters. The second kappa shape index (κ2) is 9.70. The molecule has 0 aliphatic carbocycles. The second-order valence-electron chi connectivity index (χ2n) is 5.77. The highest BCUT2D eigenvalue weighted by Crippen LogP contribution is 2.27. The number of nitrogens with one attached hydrogen (secondary N) is 1. The highest BCUT2D eigenvalue weighted by atomic mass is 32.2. The average molecular weight is 391 g/mol. The van der Waals surface area contributed by atoms with Gasteiger partial charge in [-0.1, -0.05) is 59.5 Å². The zero-order valence-electron chi connectivity index (χ0n) is 14.7. The number of ether oxygens (including phenoxy) is 1. The first kappa shape index (κ1) is 18.9. The standard InChI is InChI=1S/C18H22N4O2S2/c1-24-12-9-19-17-20-21-18(26-17)25-13-16(23)22-10-7-15(8-11-22)14-5-3-2-4-6-14/h2-7H,8-13H2,1H3,(H,19,20). The number of carbonyl (C=O) groups is 1. The highest BCUT2D eigenvalue weighted by Gasteiger charge is 2.18. The molecule has 2 aromatic rings. The van der Waals surface area contributed by atoms with Gasteiger partial charge in [-0.3, -0.25) is 4.79 Å². The molecule has 1 aromatic carbocycles. The zero-order valence-corrected chi connectivity index (χ0v) is 16.3. The van der Waals surface area contributed by atoms with E-state index >= 15 is 0 Å². The predicted octanol–water partition coefficient (Wildman–Crippen LogP) is 3.00. The molecule has 0 bridgehead atoms. The van der Waals surface area contributed by atoms with Crippen molar-refractivity contribution in [3.63, 3.8) is 0 Å². The van der Waals surface area contributed by atoms with Gasteiger partial charge in [0.25, 0.3) is 0 Å². The molecule has 0 radical (unpaired) electrons. The summed E-state index contributed by atoms with van der Waals surface area (Å²) >= 11 is 2.90. The fourth-order valence-electron chi connectivity index (χ4n) is 2.62. The van der Waals surface area contributed by atoms with E-state index in [-0.39, 0.29) is 5.91 Å². The van der Waals surface area contributed by atoms with Crippen molar-refractivity contribution in [3.05, 3.63) is 42.0 Å². The third-order valence-electron chi connectivity index (χ3n) is 4.01. The molecule has 8 heteroatoms. The molecule has 1 amide bonds. The van der Waals surface area contributed by atoms with Crippen molar-refractivity contribution in [1.29, 1.82) is 0 Å². The maximum atomic E-state index is 12.4.